The predicted molar refractivity (Wildman–Crippen MR) is 77.9 cm³/mol. The molecule has 4 atom stereocenters. The van der Waals surface area contributed by atoms with Crippen LogP contribution in [0.15, 0.2) is 12.3 Å². The van der Waals surface area contributed by atoms with Crippen molar-refractivity contribution in [3.8, 4) is 0 Å². The van der Waals surface area contributed by atoms with Crippen LogP contribution in [0.5, 0.6) is 0 Å². The molecule has 2 N–H and O–H groups in total. The quantitative estimate of drug-likeness (QED) is 0.900. The van der Waals surface area contributed by atoms with E-state index in [1.165, 1.54) is 25.5 Å². The van der Waals surface area contributed by atoms with E-state index in [2.05, 4.69) is 15.6 Å². The Balaban J connectivity index is 1.49. The molecule has 3 saturated carbocycles. The van der Waals surface area contributed by atoms with Crippen molar-refractivity contribution < 1.29 is 4.79 Å². The fraction of sp³-hybridized carbons (Fsp3) is 0.600. The number of anilines is 1. The van der Waals surface area contributed by atoms with E-state index >= 15 is 0 Å². The van der Waals surface area contributed by atoms with Crippen LogP contribution in [-0.2, 0) is 0 Å². The van der Waals surface area contributed by atoms with E-state index in [-0.39, 0.29) is 5.91 Å². The van der Waals surface area contributed by atoms with Gasteiger partial charge in [-0.2, -0.15) is 0 Å². The molecule has 1 aromatic rings. The predicted octanol–water partition coefficient (Wildman–Crippen LogP) is 2.55. The Morgan fingerprint density at radius 1 is 1.35 bits per heavy atom. The molecule has 0 aromatic carbocycles. The van der Waals surface area contributed by atoms with Gasteiger partial charge in [-0.05, 0) is 49.0 Å². The van der Waals surface area contributed by atoms with E-state index in [1.54, 1.807) is 13.1 Å². The molecule has 1 amide bonds. The first kappa shape index (κ1) is 12.5. The van der Waals surface area contributed by atoms with Gasteiger partial charge in [0.1, 0.15) is 5.82 Å². The number of nitrogens with one attached hydrogen (secondary N) is 2. The number of halogens is 1. The highest BCUT2D eigenvalue weighted by Crippen LogP contribution is 2.65. The number of carbonyl (C=O) groups excluding carboxylic acids is 1. The summed E-state index contributed by atoms with van der Waals surface area (Å²) in [6, 6.07) is 2.10. The minimum atomic E-state index is -0.0623. The second kappa shape index (κ2) is 4.35. The summed E-state index contributed by atoms with van der Waals surface area (Å²) in [5.41, 5.74) is 0.517. The zero-order valence-corrected chi connectivity index (χ0v) is 12.2. The second-order valence-corrected chi connectivity index (χ2v) is 6.69. The zero-order valence-electron chi connectivity index (χ0n) is 11.4. The molecule has 3 fully saturated rings. The van der Waals surface area contributed by atoms with Crippen LogP contribution in [-0.4, -0.2) is 24.0 Å². The van der Waals surface area contributed by atoms with Crippen molar-refractivity contribution in [2.24, 2.45) is 23.7 Å². The summed E-state index contributed by atoms with van der Waals surface area (Å²) in [5.74, 6) is 3.79. The smallest absolute Gasteiger partial charge is 0.253 e. The number of aromatic nitrogens is 1. The summed E-state index contributed by atoms with van der Waals surface area (Å²) in [4.78, 5) is 16.5. The van der Waals surface area contributed by atoms with Crippen LogP contribution in [0, 0.1) is 23.7 Å². The summed E-state index contributed by atoms with van der Waals surface area (Å²) < 4.78 is 0. The number of nitrogens with zero attached hydrogens (tertiary/aromatic N) is 1. The highest BCUT2D eigenvalue weighted by Gasteiger charge is 2.65. The van der Waals surface area contributed by atoms with E-state index in [0.717, 1.165) is 23.7 Å². The zero-order chi connectivity index (χ0) is 13.9. The fourth-order valence-corrected chi connectivity index (χ4v) is 4.69. The van der Waals surface area contributed by atoms with Gasteiger partial charge in [-0.25, -0.2) is 4.98 Å². The molecule has 0 saturated heterocycles. The topological polar surface area (TPSA) is 54.0 Å². The lowest BCUT2D eigenvalue weighted by Gasteiger charge is -2.12. The second-order valence-electron chi connectivity index (χ2n) is 6.29. The average molecular weight is 292 g/mol. The van der Waals surface area contributed by atoms with E-state index in [0.29, 0.717) is 22.4 Å². The molecule has 3 aliphatic rings. The highest BCUT2D eigenvalue weighted by molar-refractivity contribution is 6.33. The first-order valence-corrected chi connectivity index (χ1v) is 7.71. The number of rotatable bonds is 3. The maximum Gasteiger partial charge on any atom is 0.253 e. The Morgan fingerprint density at radius 3 is 2.70 bits per heavy atom. The first-order valence-electron chi connectivity index (χ1n) is 7.33. The molecule has 4 nitrogen and oxygen atoms in total. The van der Waals surface area contributed by atoms with Gasteiger partial charge in [0.15, 0.2) is 0 Å². The lowest BCUT2D eigenvalue weighted by Crippen LogP contribution is -2.30. The van der Waals surface area contributed by atoms with E-state index in [4.69, 9.17) is 11.6 Å². The maximum absolute atomic E-state index is 12.4. The number of hydrogen-bond donors (Lipinski definition) is 2. The van der Waals surface area contributed by atoms with Gasteiger partial charge < -0.3 is 10.6 Å². The molecule has 5 heteroatoms. The van der Waals surface area contributed by atoms with E-state index < -0.39 is 0 Å². The van der Waals surface area contributed by atoms with E-state index in [9.17, 15) is 4.79 Å². The summed E-state index contributed by atoms with van der Waals surface area (Å²) in [6.07, 6.45) is 5.64. The number of amides is 1. The van der Waals surface area contributed by atoms with Crippen LogP contribution >= 0.6 is 11.6 Å². The van der Waals surface area contributed by atoms with Crippen LogP contribution in [0.1, 0.15) is 29.6 Å². The van der Waals surface area contributed by atoms with Crippen LogP contribution in [0.3, 0.4) is 0 Å². The molecule has 106 valence electrons. The Bertz CT molecular complexity index is 560. The van der Waals surface area contributed by atoms with Crippen LogP contribution in [0.2, 0.25) is 5.02 Å². The standard InChI is InChI=1S/C15H18ClN3O/c1-17-11-5-9(10(16)6-18-11)15(20)19-14-12-7-2-3-8(4-7)13(12)14/h5-8,12-14H,2-4H2,1H3,(H,17,18)(H,19,20). The maximum atomic E-state index is 12.4. The first-order chi connectivity index (χ1) is 9.69. The largest absolute Gasteiger partial charge is 0.373 e. The number of carbonyl (C=O) groups is 1. The molecule has 3 aliphatic carbocycles. The Hall–Kier alpha value is -1.29. The molecular formula is C15H18ClN3O. The van der Waals surface area contributed by atoms with Crippen molar-refractivity contribution in [1.82, 2.24) is 10.3 Å². The number of pyridine rings is 1. The summed E-state index contributed by atoms with van der Waals surface area (Å²) >= 11 is 6.09. The van der Waals surface area contributed by atoms with Crippen molar-refractivity contribution >= 4 is 23.3 Å². The SMILES string of the molecule is CNc1cc(C(=O)NC2C3C4CCC(C4)C23)c(Cl)cn1. The Labute approximate surface area is 123 Å². The monoisotopic (exact) mass is 291 g/mol. The molecule has 20 heavy (non-hydrogen) atoms. The third-order valence-electron chi connectivity index (χ3n) is 5.39. The summed E-state index contributed by atoms with van der Waals surface area (Å²) in [5, 5.41) is 6.53. The van der Waals surface area contributed by atoms with Crippen LogP contribution < -0.4 is 10.6 Å². The van der Waals surface area contributed by atoms with Gasteiger partial charge >= 0.3 is 0 Å². The molecule has 4 rings (SSSR count). The van der Waals surface area contributed by atoms with Gasteiger partial charge in [-0.15, -0.1) is 0 Å². The van der Waals surface area contributed by atoms with E-state index in [1.807, 2.05) is 0 Å². The fourth-order valence-electron chi connectivity index (χ4n) is 4.50. The van der Waals surface area contributed by atoms with Gasteiger partial charge in [-0.3, -0.25) is 4.79 Å². The van der Waals surface area contributed by atoms with Gasteiger partial charge in [0.25, 0.3) is 5.91 Å². The lowest BCUT2D eigenvalue weighted by atomic mass is 10.0. The molecule has 2 bridgehead atoms. The molecule has 1 heterocycles. The van der Waals surface area contributed by atoms with Crippen molar-refractivity contribution in [1.29, 1.82) is 0 Å². The third-order valence-corrected chi connectivity index (χ3v) is 5.69. The van der Waals surface area contributed by atoms with Gasteiger partial charge in [-0.1, -0.05) is 11.6 Å². The Kier molecular flexibility index (Phi) is 2.71. The molecular weight excluding hydrogens is 274 g/mol. The molecule has 0 radical (unpaired) electrons. The lowest BCUT2D eigenvalue weighted by molar-refractivity contribution is 0.0944. The van der Waals surface area contributed by atoms with Gasteiger partial charge in [0, 0.05) is 19.3 Å². The Morgan fingerprint density at radius 2 is 2.05 bits per heavy atom. The number of fused-ring (bicyclic) bond motifs is 5. The van der Waals surface area contributed by atoms with Crippen molar-refractivity contribution in [3.63, 3.8) is 0 Å². The molecule has 0 spiro atoms. The molecule has 1 aromatic heterocycles. The average Bonchev–Trinajstić information content (AvgIpc) is 2.85. The molecule has 0 aliphatic heterocycles. The van der Waals surface area contributed by atoms with Gasteiger partial charge in [0.05, 0.1) is 10.6 Å². The minimum Gasteiger partial charge on any atom is -0.373 e. The normalized spacial score (nSPS) is 36.6. The van der Waals surface area contributed by atoms with Crippen LogP contribution in [0.25, 0.3) is 0 Å². The van der Waals surface area contributed by atoms with Crippen LogP contribution in [0.4, 0.5) is 5.82 Å². The number of hydrogen-bond acceptors (Lipinski definition) is 3. The van der Waals surface area contributed by atoms with Crippen molar-refractivity contribution in [2.75, 3.05) is 12.4 Å². The van der Waals surface area contributed by atoms with Gasteiger partial charge in [0.2, 0.25) is 0 Å². The third kappa shape index (κ3) is 1.74. The molecule has 4 unspecified atom stereocenters. The van der Waals surface area contributed by atoms with Crippen molar-refractivity contribution in [3.05, 3.63) is 22.8 Å². The summed E-state index contributed by atoms with van der Waals surface area (Å²) in [7, 11) is 1.78. The highest BCUT2D eigenvalue weighted by atomic mass is 35.5. The summed E-state index contributed by atoms with van der Waals surface area (Å²) in [6.45, 7) is 0. The van der Waals surface area contributed by atoms with Crippen molar-refractivity contribution in [2.45, 2.75) is 25.3 Å². The minimum absolute atomic E-state index is 0.0623.